The van der Waals surface area contributed by atoms with Crippen molar-refractivity contribution in [3.63, 3.8) is 0 Å². The Labute approximate surface area is 207 Å². The van der Waals surface area contributed by atoms with E-state index in [4.69, 9.17) is 4.74 Å². The fraction of sp³-hybridized carbons (Fsp3) is 0.500. The zero-order valence-electron chi connectivity index (χ0n) is 20.4. The molecule has 1 saturated heterocycles. The van der Waals surface area contributed by atoms with E-state index in [-0.39, 0.29) is 35.9 Å². The van der Waals surface area contributed by atoms with Crippen LogP contribution in [0.3, 0.4) is 0 Å². The summed E-state index contributed by atoms with van der Waals surface area (Å²) in [5.74, 6) is -0.446. The largest absolute Gasteiger partial charge is 0.377 e. The Morgan fingerprint density at radius 3 is 2.40 bits per heavy atom. The maximum Gasteiger partial charge on any atom is 0.243 e. The van der Waals surface area contributed by atoms with Crippen molar-refractivity contribution in [1.29, 1.82) is 0 Å². The monoisotopic (exact) mass is 503 g/mol. The van der Waals surface area contributed by atoms with Gasteiger partial charge in [0.2, 0.25) is 15.9 Å². The molecule has 0 unspecified atom stereocenters. The fourth-order valence-electron chi connectivity index (χ4n) is 4.87. The molecule has 4 rings (SSSR count). The highest BCUT2D eigenvalue weighted by atomic mass is 32.2. The van der Waals surface area contributed by atoms with Crippen molar-refractivity contribution in [3.8, 4) is 0 Å². The lowest BCUT2D eigenvalue weighted by Crippen LogP contribution is -2.37. The highest BCUT2D eigenvalue weighted by Gasteiger charge is 2.30. The topological polar surface area (TPSA) is 79.0 Å². The molecule has 2 aromatic carbocycles. The van der Waals surface area contributed by atoms with E-state index in [2.05, 4.69) is 5.32 Å². The van der Waals surface area contributed by atoms with Gasteiger partial charge in [-0.2, -0.15) is 4.31 Å². The molecule has 9 heteroatoms. The normalized spacial score (nSPS) is 18.8. The van der Waals surface area contributed by atoms with E-state index in [0.29, 0.717) is 12.3 Å². The van der Waals surface area contributed by atoms with Crippen LogP contribution >= 0.6 is 0 Å². The summed E-state index contributed by atoms with van der Waals surface area (Å²) < 4.78 is 47.9. The van der Waals surface area contributed by atoms with Crippen LogP contribution in [0.1, 0.15) is 44.1 Å². The first kappa shape index (κ1) is 25.6. The molecule has 1 aliphatic heterocycles. The molecular weight excluding hydrogens is 469 g/mol. The van der Waals surface area contributed by atoms with Crippen LogP contribution in [-0.4, -0.2) is 52.0 Å². The van der Waals surface area contributed by atoms with Gasteiger partial charge < -0.3 is 15.0 Å². The number of carbonyl (C=O) groups is 1. The lowest BCUT2D eigenvalue weighted by Gasteiger charge is -2.27. The zero-order chi connectivity index (χ0) is 25.0. The second-order valence-electron chi connectivity index (χ2n) is 9.60. The Hall–Kier alpha value is -2.49. The van der Waals surface area contributed by atoms with Crippen LogP contribution in [-0.2, 0) is 26.1 Å². The maximum absolute atomic E-state index is 13.6. The summed E-state index contributed by atoms with van der Waals surface area (Å²) in [5.41, 5.74) is 2.28. The van der Waals surface area contributed by atoms with Gasteiger partial charge in [-0.15, -0.1) is 0 Å². The minimum absolute atomic E-state index is 0.0150. The average molecular weight is 504 g/mol. The van der Waals surface area contributed by atoms with Crippen LogP contribution in [0.5, 0.6) is 0 Å². The molecule has 1 saturated carbocycles. The maximum atomic E-state index is 13.6. The number of amides is 1. The standard InChI is InChI=1S/C26H34FN3O4S/c1-29(2)25-14-11-22(28-26(31)19-6-3-4-7-19)16-20(25)17-30(18-23-8-5-15-34-23)35(32,33)24-12-9-21(27)10-13-24/h9-14,16,19,23H,3-8,15,17-18H2,1-2H3,(H,28,31)/t23-/m1/s1. The third-order valence-electron chi connectivity index (χ3n) is 6.78. The molecule has 0 aromatic heterocycles. The molecule has 1 heterocycles. The fourth-order valence-corrected chi connectivity index (χ4v) is 6.32. The third-order valence-corrected chi connectivity index (χ3v) is 8.61. The van der Waals surface area contributed by atoms with Gasteiger partial charge in [-0.05, 0) is 73.7 Å². The number of rotatable bonds is 9. The number of anilines is 2. The van der Waals surface area contributed by atoms with Gasteiger partial charge in [0.15, 0.2) is 0 Å². The first-order valence-corrected chi connectivity index (χ1v) is 13.7. The number of carbonyl (C=O) groups excluding carboxylic acids is 1. The van der Waals surface area contributed by atoms with E-state index in [1.807, 2.05) is 37.2 Å². The molecule has 7 nitrogen and oxygen atoms in total. The van der Waals surface area contributed by atoms with Crippen molar-refractivity contribution in [1.82, 2.24) is 4.31 Å². The molecule has 2 aliphatic rings. The quantitative estimate of drug-likeness (QED) is 0.549. The Kier molecular flexibility index (Phi) is 8.09. The second kappa shape index (κ2) is 11.1. The van der Waals surface area contributed by atoms with Gasteiger partial charge in [0.05, 0.1) is 11.0 Å². The molecular formula is C26H34FN3O4S. The third kappa shape index (κ3) is 6.20. The first-order valence-electron chi connectivity index (χ1n) is 12.2. The average Bonchev–Trinajstić information content (AvgIpc) is 3.53. The minimum atomic E-state index is -3.91. The van der Waals surface area contributed by atoms with E-state index < -0.39 is 15.8 Å². The summed E-state index contributed by atoms with van der Waals surface area (Å²) >= 11 is 0. The zero-order valence-corrected chi connectivity index (χ0v) is 21.2. The van der Waals surface area contributed by atoms with Crippen molar-refractivity contribution in [2.24, 2.45) is 5.92 Å². The van der Waals surface area contributed by atoms with Crippen molar-refractivity contribution in [2.45, 2.75) is 56.1 Å². The molecule has 1 atom stereocenters. The van der Waals surface area contributed by atoms with Crippen LogP contribution in [0.15, 0.2) is 47.4 Å². The highest BCUT2D eigenvalue weighted by Crippen LogP contribution is 2.30. The summed E-state index contributed by atoms with van der Waals surface area (Å²) in [5, 5.41) is 3.02. The Morgan fingerprint density at radius 2 is 1.77 bits per heavy atom. The van der Waals surface area contributed by atoms with Crippen molar-refractivity contribution in [2.75, 3.05) is 37.5 Å². The van der Waals surface area contributed by atoms with E-state index in [1.54, 1.807) is 0 Å². The summed E-state index contributed by atoms with van der Waals surface area (Å²) in [4.78, 5) is 14.7. The molecule has 2 fully saturated rings. The Bertz CT molecular complexity index is 1130. The predicted molar refractivity (Wildman–Crippen MR) is 134 cm³/mol. The molecule has 1 N–H and O–H groups in total. The summed E-state index contributed by atoms with van der Waals surface area (Å²) in [7, 11) is -0.119. The number of halogens is 1. The number of nitrogens with zero attached hydrogens (tertiary/aromatic N) is 2. The number of benzene rings is 2. The molecule has 0 radical (unpaired) electrons. The molecule has 35 heavy (non-hydrogen) atoms. The van der Waals surface area contributed by atoms with Crippen molar-refractivity contribution < 1.29 is 22.3 Å². The highest BCUT2D eigenvalue weighted by molar-refractivity contribution is 7.89. The first-order chi connectivity index (χ1) is 16.7. The molecule has 2 aromatic rings. The van der Waals surface area contributed by atoms with E-state index in [0.717, 1.165) is 61.9 Å². The van der Waals surface area contributed by atoms with E-state index >= 15 is 0 Å². The number of sulfonamides is 1. The number of hydrogen-bond acceptors (Lipinski definition) is 5. The molecule has 0 bridgehead atoms. The summed E-state index contributed by atoms with van der Waals surface area (Å²) in [6.45, 7) is 0.909. The van der Waals surface area contributed by atoms with Crippen molar-refractivity contribution >= 4 is 27.3 Å². The van der Waals surface area contributed by atoms with Crippen LogP contribution < -0.4 is 10.2 Å². The van der Waals surface area contributed by atoms with Gasteiger partial charge in [-0.25, -0.2) is 12.8 Å². The minimum Gasteiger partial charge on any atom is -0.377 e. The van der Waals surface area contributed by atoms with Gasteiger partial charge in [0.1, 0.15) is 5.82 Å². The Morgan fingerprint density at radius 1 is 1.06 bits per heavy atom. The van der Waals surface area contributed by atoms with Gasteiger partial charge >= 0.3 is 0 Å². The second-order valence-corrected chi connectivity index (χ2v) is 11.5. The Balaban J connectivity index is 1.64. The van der Waals surface area contributed by atoms with E-state index in [1.165, 1.54) is 16.4 Å². The molecule has 0 spiro atoms. The van der Waals surface area contributed by atoms with Crippen LogP contribution in [0.25, 0.3) is 0 Å². The number of hydrogen-bond donors (Lipinski definition) is 1. The van der Waals surface area contributed by atoms with Gasteiger partial charge in [0.25, 0.3) is 0 Å². The summed E-state index contributed by atoms with van der Waals surface area (Å²) in [6, 6.07) is 10.5. The van der Waals surface area contributed by atoms with Crippen LogP contribution in [0.4, 0.5) is 15.8 Å². The van der Waals surface area contributed by atoms with Crippen molar-refractivity contribution in [3.05, 3.63) is 53.8 Å². The smallest absolute Gasteiger partial charge is 0.243 e. The van der Waals surface area contributed by atoms with Gasteiger partial charge in [0, 0.05) is 51.1 Å². The molecule has 190 valence electrons. The predicted octanol–water partition coefficient (Wildman–Crippen LogP) is 4.39. The lowest BCUT2D eigenvalue weighted by molar-refractivity contribution is -0.119. The summed E-state index contributed by atoms with van der Waals surface area (Å²) in [6.07, 6.45) is 5.43. The van der Waals surface area contributed by atoms with E-state index in [9.17, 15) is 17.6 Å². The lowest BCUT2D eigenvalue weighted by atomic mass is 10.1. The van der Waals surface area contributed by atoms with Crippen LogP contribution in [0, 0.1) is 11.7 Å². The van der Waals surface area contributed by atoms with Gasteiger partial charge in [-0.1, -0.05) is 12.8 Å². The van der Waals surface area contributed by atoms with Crippen LogP contribution in [0.2, 0.25) is 0 Å². The molecule has 1 amide bonds. The van der Waals surface area contributed by atoms with Gasteiger partial charge in [-0.3, -0.25) is 4.79 Å². The SMILES string of the molecule is CN(C)c1ccc(NC(=O)C2CCCC2)cc1CN(C[C@H]1CCCO1)S(=O)(=O)c1ccc(F)cc1. The molecule has 1 aliphatic carbocycles. The number of ether oxygens (including phenoxy) is 1. The number of nitrogens with one attached hydrogen (secondary N) is 1.